The lowest BCUT2D eigenvalue weighted by atomic mass is 9.84. The third-order valence-electron chi connectivity index (χ3n) is 5.33. The number of nitrogen functional groups attached to an aromatic ring is 1. The summed E-state index contributed by atoms with van der Waals surface area (Å²) >= 11 is 0. The fraction of sp³-hybridized carbons (Fsp3) is 0.478. The van der Waals surface area contributed by atoms with Crippen LogP contribution in [0.3, 0.4) is 0 Å². The highest BCUT2D eigenvalue weighted by atomic mass is 16.5. The number of benzene rings is 1. The lowest BCUT2D eigenvalue weighted by Crippen LogP contribution is -2.61. The summed E-state index contributed by atoms with van der Waals surface area (Å²) in [4.78, 5) is 52.9. The van der Waals surface area contributed by atoms with Gasteiger partial charge in [0.25, 0.3) is 0 Å². The van der Waals surface area contributed by atoms with Crippen molar-refractivity contribution in [1.29, 1.82) is 5.41 Å². The second-order valence-electron chi connectivity index (χ2n) is 8.28. The molecule has 0 heterocycles. The molecule has 204 valence electrons. The molecule has 1 rings (SSSR count). The summed E-state index contributed by atoms with van der Waals surface area (Å²) in [7, 11) is 1.11. The quantitative estimate of drug-likeness (QED) is 0.0766. The normalized spacial score (nSPS) is 11.9. The number of methoxy groups -OCH3 is 1. The number of hydrogen-bond donors (Lipinski definition) is 8. The SMILES string of the molecule is COC(=O)N[C@@](CCC(=O)O)(Cc1cccc(C(=N)N)c1)C(=O)NCC(=O)NCCCCCN=C(N)N. The summed E-state index contributed by atoms with van der Waals surface area (Å²) < 4.78 is 4.66. The van der Waals surface area contributed by atoms with Crippen LogP contribution in [-0.2, 0) is 25.5 Å². The number of unbranched alkanes of at least 4 members (excludes halogenated alkanes) is 2. The van der Waals surface area contributed by atoms with Crippen LogP contribution in [0.1, 0.15) is 43.2 Å². The molecule has 1 aromatic carbocycles. The second kappa shape index (κ2) is 15.6. The number of nitrogens with zero attached hydrogens (tertiary/aromatic N) is 1. The predicted octanol–water partition coefficient (Wildman–Crippen LogP) is -0.851. The molecule has 0 spiro atoms. The predicted molar refractivity (Wildman–Crippen MR) is 137 cm³/mol. The average molecular weight is 521 g/mol. The van der Waals surface area contributed by atoms with Gasteiger partial charge >= 0.3 is 12.1 Å². The number of rotatable bonds is 16. The van der Waals surface area contributed by atoms with Crippen LogP contribution in [0.4, 0.5) is 4.79 Å². The van der Waals surface area contributed by atoms with Crippen LogP contribution >= 0.6 is 0 Å². The lowest BCUT2D eigenvalue weighted by Gasteiger charge is -2.33. The van der Waals surface area contributed by atoms with Gasteiger partial charge in [-0.1, -0.05) is 18.2 Å². The van der Waals surface area contributed by atoms with Crippen molar-refractivity contribution in [2.24, 2.45) is 22.2 Å². The Bertz CT molecular complexity index is 995. The summed E-state index contributed by atoms with van der Waals surface area (Å²) in [5, 5.41) is 24.5. The number of nitrogens with two attached hydrogens (primary N) is 3. The number of amidine groups is 1. The molecule has 14 heteroatoms. The van der Waals surface area contributed by atoms with E-state index in [0.29, 0.717) is 30.6 Å². The van der Waals surface area contributed by atoms with Gasteiger partial charge in [-0.05, 0) is 37.3 Å². The van der Waals surface area contributed by atoms with Crippen LogP contribution in [-0.4, -0.2) is 73.1 Å². The lowest BCUT2D eigenvalue weighted by molar-refractivity contribution is -0.138. The average Bonchev–Trinajstić information content (AvgIpc) is 2.84. The van der Waals surface area contributed by atoms with Crippen molar-refractivity contribution in [3.63, 3.8) is 0 Å². The molecule has 0 saturated heterocycles. The molecule has 0 unspecified atom stereocenters. The number of carbonyl (C=O) groups excluding carboxylic acids is 3. The van der Waals surface area contributed by atoms with Crippen LogP contribution in [0.15, 0.2) is 29.3 Å². The minimum absolute atomic E-state index is 0.0247. The van der Waals surface area contributed by atoms with Gasteiger partial charge in [0.15, 0.2) is 5.96 Å². The van der Waals surface area contributed by atoms with Gasteiger partial charge in [0, 0.05) is 31.5 Å². The van der Waals surface area contributed by atoms with E-state index in [2.05, 4.69) is 25.7 Å². The number of amides is 3. The molecule has 1 aromatic rings. The Balaban J connectivity index is 2.92. The Labute approximate surface area is 214 Å². The summed E-state index contributed by atoms with van der Waals surface area (Å²) in [5.74, 6) is -2.58. The minimum atomic E-state index is -1.76. The highest BCUT2D eigenvalue weighted by molar-refractivity contribution is 5.95. The Morgan fingerprint density at radius 3 is 2.46 bits per heavy atom. The van der Waals surface area contributed by atoms with E-state index in [0.717, 1.165) is 20.0 Å². The van der Waals surface area contributed by atoms with Crippen molar-refractivity contribution >= 4 is 35.7 Å². The van der Waals surface area contributed by atoms with Crippen molar-refractivity contribution in [2.75, 3.05) is 26.7 Å². The van der Waals surface area contributed by atoms with Gasteiger partial charge in [0.05, 0.1) is 13.7 Å². The molecule has 0 saturated carbocycles. The van der Waals surface area contributed by atoms with Crippen molar-refractivity contribution in [3.05, 3.63) is 35.4 Å². The maximum atomic E-state index is 13.3. The fourth-order valence-electron chi connectivity index (χ4n) is 3.45. The molecule has 37 heavy (non-hydrogen) atoms. The van der Waals surface area contributed by atoms with Crippen LogP contribution in [0.2, 0.25) is 0 Å². The number of aliphatic carboxylic acids is 1. The summed E-state index contributed by atoms with van der Waals surface area (Å²) in [6.45, 7) is 0.476. The number of alkyl carbamates (subject to hydrolysis) is 1. The van der Waals surface area contributed by atoms with Crippen molar-refractivity contribution in [2.45, 2.75) is 44.1 Å². The Hall–Kier alpha value is -4.36. The third-order valence-corrected chi connectivity index (χ3v) is 5.33. The number of ether oxygens (including phenoxy) is 1. The van der Waals surface area contributed by atoms with E-state index in [1.807, 2.05) is 0 Å². The molecule has 3 amide bonds. The third kappa shape index (κ3) is 11.7. The zero-order chi connectivity index (χ0) is 27.8. The first-order valence-electron chi connectivity index (χ1n) is 11.6. The molecule has 14 nitrogen and oxygen atoms in total. The van der Waals surface area contributed by atoms with E-state index in [1.165, 1.54) is 0 Å². The van der Waals surface area contributed by atoms with Gasteiger partial charge in [-0.2, -0.15) is 0 Å². The van der Waals surface area contributed by atoms with Crippen LogP contribution < -0.4 is 33.2 Å². The molecule has 0 radical (unpaired) electrons. The number of nitrogens with one attached hydrogen (secondary N) is 4. The van der Waals surface area contributed by atoms with Gasteiger partial charge in [-0.3, -0.25) is 24.8 Å². The summed E-state index contributed by atoms with van der Waals surface area (Å²) in [5.41, 5.74) is 15.2. The smallest absolute Gasteiger partial charge is 0.407 e. The molecular formula is C23H36N8O6. The molecule has 0 fully saturated rings. The Morgan fingerprint density at radius 1 is 1.11 bits per heavy atom. The molecule has 0 aliphatic rings. The van der Waals surface area contributed by atoms with Crippen molar-refractivity contribution in [3.8, 4) is 0 Å². The number of carboxylic acids is 1. The second-order valence-corrected chi connectivity index (χ2v) is 8.28. The summed E-state index contributed by atoms with van der Waals surface area (Å²) in [6, 6.07) is 6.43. The van der Waals surface area contributed by atoms with E-state index < -0.39 is 42.4 Å². The van der Waals surface area contributed by atoms with E-state index in [1.54, 1.807) is 24.3 Å². The van der Waals surface area contributed by atoms with Crippen LogP contribution in [0.5, 0.6) is 0 Å². The maximum Gasteiger partial charge on any atom is 0.407 e. The zero-order valence-electron chi connectivity index (χ0n) is 20.8. The number of carbonyl (C=O) groups is 4. The zero-order valence-corrected chi connectivity index (χ0v) is 20.8. The molecule has 0 aromatic heterocycles. The fourth-order valence-corrected chi connectivity index (χ4v) is 3.45. The van der Waals surface area contributed by atoms with Gasteiger partial charge in [0.2, 0.25) is 11.8 Å². The Kier molecular flexibility index (Phi) is 12.9. The monoisotopic (exact) mass is 520 g/mol. The number of hydrogen-bond acceptors (Lipinski definition) is 7. The van der Waals surface area contributed by atoms with Gasteiger partial charge in [-0.15, -0.1) is 0 Å². The maximum absolute atomic E-state index is 13.3. The van der Waals surface area contributed by atoms with Crippen LogP contribution in [0, 0.1) is 5.41 Å². The van der Waals surface area contributed by atoms with Crippen LogP contribution in [0.25, 0.3) is 0 Å². The van der Waals surface area contributed by atoms with Gasteiger partial charge in [-0.25, -0.2) is 4.79 Å². The number of guanidine groups is 1. The molecular weight excluding hydrogens is 484 g/mol. The molecule has 0 aliphatic heterocycles. The van der Waals surface area contributed by atoms with E-state index >= 15 is 0 Å². The molecule has 11 N–H and O–H groups in total. The minimum Gasteiger partial charge on any atom is -0.481 e. The van der Waals surface area contributed by atoms with Crippen molar-refractivity contribution < 1.29 is 29.0 Å². The van der Waals surface area contributed by atoms with Gasteiger partial charge < -0.3 is 43.0 Å². The first-order chi connectivity index (χ1) is 17.5. The number of aliphatic imine (C=N–C) groups is 1. The largest absolute Gasteiger partial charge is 0.481 e. The first-order valence-corrected chi connectivity index (χ1v) is 11.6. The molecule has 0 bridgehead atoms. The topological polar surface area (TPSA) is 248 Å². The van der Waals surface area contributed by atoms with E-state index in [-0.39, 0.29) is 24.6 Å². The Morgan fingerprint density at radius 2 is 1.84 bits per heavy atom. The summed E-state index contributed by atoms with van der Waals surface area (Å²) in [6.07, 6.45) is 0.387. The first kappa shape index (κ1) is 30.7. The van der Waals surface area contributed by atoms with Crippen molar-refractivity contribution in [1.82, 2.24) is 16.0 Å². The standard InChI is InChI=1S/C23H36N8O6/c1-37-22(36)31-23(9-8-18(33)34,13-15-6-5-7-16(12-15)19(24)25)20(35)30-14-17(32)28-10-3-2-4-11-29-21(26)27/h5-7,12H,2-4,8-11,13-14H2,1H3,(H3,24,25)(H,28,32)(H,30,35)(H,31,36)(H,33,34)(H4,26,27,29)/t23-/m0/s1. The highest BCUT2D eigenvalue weighted by Gasteiger charge is 2.41. The van der Waals surface area contributed by atoms with E-state index in [9.17, 15) is 24.3 Å². The van der Waals surface area contributed by atoms with E-state index in [4.69, 9.17) is 22.6 Å². The molecule has 0 aliphatic carbocycles. The molecule has 1 atom stereocenters. The highest BCUT2D eigenvalue weighted by Crippen LogP contribution is 2.22. The number of carboxylic acid groups (broad SMARTS) is 1. The van der Waals surface area contributed by atoms with Gasteiger partial charge in [0.1, 0.15) is 11.4 Å².